The molecule has 1 heterocycles. The normalized spacial score (nSPS) is 11.8. The molecule has 1 amide bonds. The van der Waals surface area contributed by atoms with Gasteiger partial charge in [-0.1, -0.05) is 48.8 Å². The highest BCUT2D eigenvalue weighted by Crippen LogP contribution is 2.21. The third-order valence-corrected chi connectivity index (χ3v) is 4.65. The summed E-state index contributed by atoms with van der Waals surface area (Å²) in [6.45, 7) is 5.40. The number of carbonyl (C=O) groups is 2. The van der Waals surface area contributed by atoms with E-state index in [1.807, 2.05) is 51.1 Å². The zero-order valence-corrected chi connectivity index (χ0v) is 17.9. The number of ether oxygens (including phenoxy) is 2. The van der Waals surface area contributed by atoms with Crippen LogP contribution >= 0.6 is 0 Å². The second-order valence-electron chi connectivity index (χ2n) is 7.41. The Morgan fingerprint density at radius 1 is 1.13 bits per heavy atom. The van der Waals surface area contributed by atoms with Crippen molar-refractivity contribution in [3.63, 3.8) is 0 Å². The van der Waals surface area contributed by atoms with Crippen molar-refractivity contribution in [2.75, 3.05) is 7.11 Å². The van der Waals surface area contributed by atoms with E-state index in [1.165, 1.54) is 0 Å². The van der Waals surface area contributed by atoms with Crippen LogP contribution < -0.4 is 10.1 Å². The number of nitrogens with zero attached hydrogens (tertiary/aromatic N) is 2. The van der Waals surface area contributed by atoms with Crippen LogP contribution in [0.15, 0.2) is 53.1 Å². The van der Waals surface area contributed by atoms with Crippen molar-refractivity contribution in [1.82, 2.24) is 15.5 Å². The van der Waals surface area contributed by atoms with Gasteiger partial charge in [0.1, 0.15) is 11.8 Å². The standard InChI is InChI=1S/C23H25N3O5/c1-14(2)20(25-22(27)16-10-8-15(3)9-11-16)23(28)30-13-19-24-21(26-31-19)17-6-5-7-18(12-17)29-4/h5-12,14,20H,13H2,1-4H3,(H,25,27). The lowest BCUT2D eigenvalue weighted by atomic mass is 10.0. The molecule has 0 saturated heterocycles. The summed E-state index contributed by atoms with van der Waals surface area (Å²) in [7, 11) is 1.57. The molecular formula is C23H25N3O5. The van der Waals surface area contributed by atoms with E-state index < -0.39 is 12.0 Å². The van der Waals surface area contributed by atoms with Crippen LogP contribution in [0.5, 0.6) is 5.75 Å². The summed E-state index contributed by atoms with van der Waals surface area (Å²) >= 11 is 0. The first kappa shape index (κ1) is 22.0. The van der Waals surface area contributed by atoms with Gasteiger partial charge < -0.3 is 19.3 Å². The average molecular weight is 423 g/mol. The largest absolute Gasteiger partial charge is 0.497 e. The van der Waals surface area contributed by atoms with Crippen molar-refractivity contribution in [3.05, 3.63) is 65.5 Å². The molecule has 0 aliphatic carbocycles. The Labute approximate surface area is 180 Å². The first-order valence-electron chi connectivity index (χ1n) is 9.88. The molecule has 0 aliphatic rings. The number of aryl methyl sites for hydroxylation is 1. The number of aromatic nitrogens is 2. The number of hydrogen-bond donors (Lipinski definition) is 1. The van der Waals surface area contributed by atoms with Crippen molar-refractivity contribution in [2.45, 2.75) is 33.4 Å². The monoisotopic (exact) mass is 423 g/mol. The van der Waals surface area contributed by atoms with Gasteiger partial charge in [0.15, 0.2) is 6.61 Å². The quantitative estimate of drug-likeness (QED) is 0.553. The minimum absolute atomic E-state index is 0.151. The van der Waals surface area contributed by atoms with Gasteiger partial charge in [-0.2, -0.15) is 4.98 Å². The zero-order chi connectivity index (χ0) is 22.4. The fourth-order valence-electron chi connectivity index (χ4n) is 2.84. The van der Waals surface area contributed by atoms with E-state index in [-0.39, 0.29) is 24.3 Å². The number of esters is 1. The number of nitrogens with one attached hydrogen (secondary N) is 1. The molecule has 0 bridgehead atoms. The van der Waals surface area contributed by atoms with E-state index >= 15 is 0 Å². The van der Waals surface area contributed by atoms with Gasteiger partial charge in [-0.3, -0.25) is 4.79 Å². The first-order chi connectivity index (χ1) is 14.9. The van der Waals surface area contributed by atoms with Gasteiger partial charge in [0.05, 0.1) is 7.11 Å². The third-order valence-electron chi connectivity index (χ3n) is 4.65. The van der Waals surface area contributed by atoms with Crippen LogP contribution in [-0.4, -0.2) is 35.2 Å². The van der Waals surface area contributed by atoms with Crippen molar-refractivity contribution < 1.29 is 23.6 Å². The molecule has 8 heteroatoms. The number of carbonyl (C=O) groups excluding carboxylic acids is 2. The summed E-state index contributed by atoms with van der Waals surface area (Å²) in [4.78, 5) is 29.3. The number of rotatable bonds is 8. The predicted octanol–water partition coefficient (Wildman–Crippen LogP) is 3.55. The summed E-state index contributed by atoms with van der Waals surface area (Å²) in [5.41, 5.74) is 2.24. The minimum atomic E-state index is -0.811. The SMILES string of the molecule is COc1cccc(-c2noc(COC(=O)C(NC(=O)c3ccc(C)cc3)C(C)C)n2)c1. The van der Waals surface area contributed by atoms with Crippen LogP contribution in [0.4, 0.5) is 0 Å². The second kappa shape index (κ2) is 9.88. The third kappa shape index (κ3) is 5.69. The smallest absolute Gasteiger partial charge is 0.329 e. The van der Waals surface area contributed by atoms with Crippen LogP contribution in [0.3, 0.4) is 0 Å². The van der Waals surface area contributed by atoms with E-state index in [4.69, 9.17) is 14.0 Å². The molecule has 1 aromatic heterocycles. The molecule has 162 valence electrons. The summed E-state index contributed by atoms with van der Waals surface area (Å²) in [6, 6.07) is 13.5. The Morgan fingerprint density at radius 3 is 2.55 bits per heavy atom. The summed E-state index contributed by atoms with van der Waals surface area (Å²) in [5, 5.41) is 6.65. The van der Waals surface area contributed by atoms with E-state index in [1.54, 1.807) is 25.3 Å². The number of benzene rings is 2. The van der Waals surface area contributed by atoms with Gasteiger partial charge >= 0.3 is 5.97 Å². The molecule has 8 nitrogen and oxygen atoms in total. The lowest BCUT2D eigenvalue weighted by molar-refractivity contribution is -0.149. The topological polar surface area (TPSA) is 104 Å². The molecule has 31 heavy (non-hydrogen) atoms. The first-order valence-corrected chi connectivity index (χ1v) is 9.88. The summed E-state index contributed by atoms with van der Waals surface area (Å²) in [5.74, 6) is 0.0956. The molecule has 1 atom stereocenters. The van der Waals surface area contributed by atoms with Crippen molar-refractivity contribution >= 4 is 11.9 Å². The lowest BCUT2D eigenvalue weighted by Gasteiger charge is -2.20. The Hall–Kier alpha value is -3.68. The molecule has 0 saturated carbocycles. The van der Waals surface area contributed by atoms with Crippen molar-refractivity contribution in [3.8, 4) is 17.1 Å². The Balaban J connectivity index is 1.62. The summed E-state index contributed by atoms with van der Waals surface area (Å²) in [6.07, 6.45) is 0. The van der Waals surface area contributed by atoms with Crippen LogP contribution in [-0.2, 0) is 16.1 Å². The van der Waals surface area contributed by atoms with E-state index in [2.05, 4.69) is 15.5 Å². The molecule has 0 spiro atoms. The van der Waals surface area contributed by atoms with Crippen LogP contribution in [0, 0.1) is 12.8 Å². The molecule has 0 radical (unpaired) electrons. The number of amides is 1. The zero-order valence-electron chi connectivity index (χ0n) is 17.9. The highest BCUT2D eigenvalue weighted by molar-refractivity contribution is 5.96. The Kier molecular flexibility index (Phi) is 7.02. The molecule has 3 aromatic rings. The van der Waals surface area contributed by atoms with Gasteiger partial charge in [0.25, 0.3) is 11.8 Å². The van der Waals surface area contributed by atoms with E-state index in [0.717, 1.165) is 5.56 Å². The molecule has 1 N–H and O–H groups in total. The highest BCUT2D eigenvalue weighted by atomic mass is 16.6. The fourth-order valence-corrected chi connectivity index (χ4v) is 2.84. The summed E-state index contributed by atoms with van der Waals surface area (Å²) < 4.78 is 15.7. The maximum absolute atomic E-state index is 12.6. The fraction of sp³-hybridized carbons (Fsp3) is 0.304. The number of methoxy groups -OCH3 is 1. The Morgan fingerprint density at radius 2 is 1.87 bits per heavy atom. The molecule has 0 aliphatic heterocycles. The lowest BCUT2D eigenvalue weighted by Crippen LogP contribution is -2.45. The van der Waals surface area contributed by atoms with Crippen molar-refractivity contribution in [1.29, 1.82) is 0 Å². The number of hydrogen-bond acceptors (Lipinski definition) is 7. The van der Waals surface area contributed by atoms with Crippen LogP contribution in [0.2, 0.25) is 0 Å². The second-order valence-corrected chi connectivity index (χ2v) is 7.41. The van der Waals surface area contributed by atoms with Crippen molar-refractivity contribution in [2.24, 2.45) is 5.92 Å². The van der Waals surface area contributed by atoms with Gasteiger partial charge in [-0.15, -0.1) is 0 Å². The molecular weight excluding hydrogens is 398 g/mol. The molecule has 1 unspecified atom stereocenters. The Bertz CT molecular complexity index is 1040. The highest BCUT2D eigenvalue weighted by Gasteiger charge is 2.27. The molecule has 3 rings (SSSR count). The van der Waals surface area contributed by atoms with E-state index in [9.17, 15) is 9.59 Å². The predicted molar refractivity (Wildman–Crippen MR) is 113 cm³/mol. The minimum Gasteiger partial charge on any atom is -0.497 e. The van der Waals surface area contributed by atoms with Crippen LogP contribution in [0.1, 0.15) is 35.7 Å². The molecule has 2 aromatic carbocycles. The maximum atomic E-state index is 12.6. The average Bonchev–Trinajstić information content (AvgIpc) is 3.25. The van der Waals surface area contributed by atoms with Gasteiger partial charge in [0.2, 0.25) is 5.82 Å². The van der Waals surface area contributed by atoms with Gasteiger partial charge in [-0.05, 0) is 37.1 Å². The van der Waals surface area contributed by atoms with Gasteiger partial charge in [0, 0.05) is 11.1 Å². The van der Waals surface area contributed by atoms with E-state index in [0.29, 0.717) is 22.7 Å². The molecule has 0 fully saturated rings. The maximum Gasteiger partial charge on any atom is 0.329 e. The van der Waals surface area contributed by atoms with Gasteiger partial charge in [-0.25, -0.2) is 4.79 Å². The van der Waals surface area contributed by atoms with Crippen LogP contribution in [0.25, 0.3) is 11.4 Å².